The zero-order chi connectivity index (χ0) is 17.8. The third-order valence-corrected chi connectivity index (χ3v) is 4.15. The van der Waals surface area contributed by atoms with E-state index in [4.69, 9.17) is 9.15 Å². The highest BCUT2D eigenvalue weighted by Gasteiger charge is 2.30. The van der Waals surface area contributed by atoms with Gasteiger partial charge in [-0.25, -0.2) is 4.98 Å². The average molecular weight is 343 g/mol. The van der Waals surface area contributed by atoms with E-state index in [0.717, 1.165) is 12.3 Å². The van der Waals surface area contributed by atoms with Crippen molar-refractivity contribution in [3.05, 3.63) is 47.7 Å². The molecule has 6 nitrogen and oxygen atoms in total. The van der Waals surface area contributed by atoms with Gasteiger partial charge in [0.1, 0.15) is 12.0 Å². The van der Waals surface area contributed by atoms with Gasteiger partial charge < -0.3 is 14.5 Å². The van der Waals surface area contributed by atoms with E-state index in [1.165, 1.54) is 24.7 Å². The fourth-order valence-electron chi connectivity index (χ4n) is 2.72. The number of nitrogens with zero attached hydrogens (tertiary/aromatic N) is 2. The van der Waals surface area contributed by atoms with E-state index in [-0.39, 0.29) is 11.9 Å². The number of amides is 1. The summed E-state index contributed by atoms with van der Waals surface area (Å²) in [7, 11) is 1.67. The predicted octanol–water partition coefficient (Wildman–Crippen LogP) is 2.99. The number of oxazole rings is 1. The molecule has 0 unspecified atom stereocenters. The fourth-order valence-corrected chi connectivity index (χ4v) is 2.72. The van der Waals surface area contributed by atoms with Gasteiger partial charge in [-0.1, -0.05) is 12.1 Å². The largest absolute Gasteiger partial charge is 0.497 e. The lowest BCUT2D eigenvalue weighted by Gasteiger charge is -2.20. The summed E-state index contributed by atoms with van der Waals surface area (Å²) >= 11 is 0. The molecule has 0 saturated heterocycles. The minimum Gasteiger partial charge on any atom is -0.497 e. The minimum atomic E-state index is -0.196. The van der Waals surface area contributed by atoms with E-state index in [9.17, 15) is 4.79 Å². The molecule has 1 amide bonds. The lowest BCUT2D eigenvalue weighted by Crippen LogP contribution is -2.30. The van der Waals surface area contributed by atoms with Gasteiger partial charge in [-0.05, 0) is 44.4 Å². The van der Waals surface area contributed by atoms with Crippen molar-refractivity contribution in [1.29, 1.82) is 0 Å². The summed E-state index contributed by atoms with van der Waals surface area (Å²) in [4.78, 5) is 18.7. The van der Waals surface area contributed by atoms with Crippen molar-refractivity contribution in [3.8, 4) is 5.75 Å². The number of hydrogen-bond donors (Lipinski definition) is 1. The van der Waals surface area contributed by atoms with E-state index >= 15 is 0 Å². The highest BCUT2D eigenvalue weighted by Crippen LogP contribution is 2.30. The quantitative estimate of drug-likeness (QED) is 0.798. The molecule has 1 aromatic carbocycles. The number of nitrogens with one attached hydrogen (secondary N) is 1. The number of rotatable bonds is 8. The number of methoxy groups -OCH3 is 1. The van der Waals surface area contributed by atoms with Gasteiger partial charge in [0.2, 0.25) is 5.89 Å². The van der Waals surface area contributed by atoms with Crippen LogP contribution in [0.2, 0.25) is 0 Å². The second kappa shape index (κ2) is 7.70. The van der Waals surface area contributed by atoms with E-state index < -0.39 is 0 Å². The summed E-state index contributed by atoms with van der Waals surface area (Å²) < 4.78 is 10.7. The molecule has 0 radical (unpaired) electrons. The van der Waals surface area contributed by atoms with E-state index in [1.54, 1.807) is 7.11 Å². The van der Waals surface area contributed by atoms with Crippen molar-refractivity contribution in [1.82, 2.24) is 15.2 Å². The lowest BCUT2D eigenvalue weighted by atomic mass is 10.2. The normalized spacial score (nSPS) is 14.1. The second-order valence-corrected chi connectivity index (χ2v) is 6.74. The molecule has 6 heteroatoms. The predicted molar refractivity (Wildman–Crippen MR) is 94.4 cm³/mol. The first-order valence-electron chi connectivity index (χ1n) is 8.67. The Bertz CT molecular complexity index is 705. The van der Waals surface area contributed by atoms with Crippen LogP contribution in [0.25, 0.3) is 0 Å². The summed E-state index contributed by atoms with van der Waals surface area (Å²) in [5.41, 5.74) is 1.56. The molecule has 1 N–H and O–H groups in total. The molecule has 3 rings (SSSR count). The van der Waals surface area contributed by atoms with Gasteiger partial charge in [0.25, 0.3) is 5.91 Å². The molecule has 134 valence electrons. The molecule has 2 aromatic rings. The summed E-state index contributed by atoms with van der Waals surface area (Å²) in [6.45, 7) is 5.27. The average Bonchev–Trinajstić information content (AvgIpc) is 3.33. The fraction of sp³-hybridized carbons (Fsp3) is 0.474. The molecule has 1 fully saturated rings. The molecule has 1 aliphatic carbocycles. The summed E-state index contributed by atoms with van der Waals surface area (Å²) in [6, 6.07) is 8.73. The van der Waals surface area contributed by atoms with Gasteiger partial charge in [0.15, 0.2) is 5.69 Å². The van der Waals surface area contributed by atoms with Crippen LogP contribution < -0.4 is 10.1 Å². The van der Waals surface area contributed by atoms with Gasteiger partial charge in [0, 0.05) is 18.6 Å². The Balaban J connectivity index is 1.64. The molecule has 1 saturated carbocycles. The number of benzene rings is 1. The first-order valence-corrected chi connectivity index (χ1v) is 8.67. The molecular weight excluding hydrogens is 318 g/mol. The Morgan fingerprint density at radius 2 is 2.04 bits per heavy atom. The van der Waals surface area contributed by atoms with Crippen molar-refractivity contribution in [2.24, 2.45) is 0 Å². The molecular formula is C19H25N3O3. The van der Waals surface area contributed by atoms with Crippen molar-refractivity contribution in [2.75, 3.05) is 7.11 Å². The minimum absolute atomic E-state index is 0.0747. The first kappa shape index (κ1) is 17.5. The molecule has 1 heterocycles. The summed E-state index contributed by atoms with van der Waals surface area (Å²) in [5.74, 6) is 1.24. The molecule has 0 aliphatic heterocycles. The third kappa shape index (κ3) is 4.82. The van der Waals surface area contributed by atoms with Gasteiger partial charge in [-0.2, -0.15) is 0 Å². The molecule has 0 atom stereocenters. The maximum atomic E-state index is 12.0. The SMILES string of the molecule is COc1ccc(CN(Cc2nc(C(=O)NC(C)C)co2)C2CC2)cc1. The van der Waals surface area contributed by atoms with Crippen LogP contribution in [0, 0.1) is 0 Å². The topological polar surface area (TPSA) is 67.6 Å². The Labute approximate surface area is 148 Å². The van der Waals surface area contributed by atoms with Gasteiger partial charge >= 0.3 is 0 Å². The zero-order valence-electron chi connectivity index (χ0n) is 15.0. The smallest absolute Gasteiger partial charge is 0.273 e. The lowest BCUT2D eigenvalue weighted by molar-refractivity contribution is 0.0938. The maximum Gasteiger partial charge on any atom is 0.273 e. The number of carbonyl (C=O) groups excluding carboxylic acids is 1. The van der Waals surface area contributed by atoms with Gasteiger partial charge in [-0.15, -0.1) is 0 Å². The van der Waals surface area contributed by atoms with Crippen LogP contribution in [0.15, 0.2) is 34.9 Å². The zero-order valence-corrected chi connectivity index (χ0v) is 15.0. The molecule has 0 bridgehead atoms. The van der Waals surface area contributed by atoms with E-state index in [0.29, 0.717) is 24.2 Å². The van der Waals surface area contributed by atoms with E-state index in [2.05, 4.69) is 27.3 Å². The second-order valence-electron chi connectivity index (χ2n) is 6.74. The van der Waals surface area contributed by atoms with Crippen LogP contribution in [0.3, 0.4) is 0 Å². The van der Waals surface area contributed by atoms with Crippen LogP contribution >= 0.6 is 0 Å². The van der Waals surface area contributed by atoms with Crippen molar-refractivity contribution >= 4 is 5.91 Å². The van der Waals surface area contributed by atoms with Crippen LogP contribution in [-0.4, -0.2) is 35.0 Å². The summed E-state index contributed by atoms with van der Waals surface area (Å²) in [5, 5.41) is 2.82. The number of carbonyl (C=O) groups is 1. The van der Waals surface area contributed by atoms with E-state index in [1.807, 2.05) is 26.0 Å². The highest BCUT2D eigenvalue weighted by molar-refractivity contribution is 5.92. The Hall–Kier alpha value is -2.34. The standard InChI is InChI=1S/C19H25N3O3/c1-13(2)20-19(23)17-12-25-18(21-17)11-22(15-6-7-15)10-14-4-8-16(24-3)9-5-14/h4-5,8-9,12-13,15H,6-7,10-11H2,1-3H3,(H,20,23). The van der Waals surface area contributed by atoms with Crippen molar-refractivity contribution < 1.29 is 13.9 Å². The monoisotopic (exact) mass is 343 g/mol. The number of aromatic nitrogens is 1. The Kier molecular flexibility index (Phi) is 5.38. The van der Waals surface area contributed by atoms with Crippen molar-refractivity contribution in [3.63, 3.8) is 0 Å². The van der Waals surface area contributed by atoms with Crippen LogP contribution in [0.4, 0.5) is 0 Å². The van der Waals surface area contributed by atoms with Crippen LogP contribution in [-0.2, 0) is 13.1 Å². The molecule has 25 heavy (non-hydrogen) atoms. The molecule has 0 spiro atoms. The number of ether oxygens (including phenoxy) is 1. The Morgan fingerprint density at radius 3 is 2.64 bits per heavy atom. The summed E-state index contributed by atoms with van der Waals surface area (Å²) in [6.07, 6.45) is 3.82. The van der Waals surface area contributed by atoms with Crippen molar-refractivity contribution in [2.45, 2.75) is 51.9 Å². The molecule has 1 aromatic heterocycles. The van der Waals surface area contributed by atoms with Crippen LogP contribution in [0.5, 0.6) is 5.75 Å². The third-order valence-electron chi connectivity index (χ3n) is 4.15. The highest BCUT2D eigenvalue weighted by atomic mass is 16.5. The van der Waals surface area contributed by atoms with Gasteiger partial charge in [0.05, 0.1) is 13.7 Å². The van der Waals surface area contributed by atoms with Crippen LogP contribution in [0.1, 0.15) is 48.6 Å². The molecule has 1 aliphatic rings. The van der Waals surface area contributed by atoms with Gasteiger partial charge in [-0.3, -0.25) is 9.69 Å². The Morgan fingerprint density at radius 1 is 1.32 bits per heavy atom. The maximum absolute atomic E-state index is 12.0. The first-order chi connectivity index (χ1) is 12.0. The number of hydrogen-bond acceptors (Lipinski definition) is 5.